The molecule has 0 unspecified atom stereocenters. The summed E-state index contributed by atoms with van der Waals surface area (Å²) in [5.41, 5.74) is 1.95. The predicted molar refractivity (Wildman–Crippen MR) is 77.8 cm³/mol. The van der Waals surface area contributed by atoms with Crippen molar-refractivity contribution < 1.29 is 4.79 Å². The number of aryl methyl sites for hydroxylation is 2. The van der Waals surface area contributed by atoms with Crippen LogP contribution in [0, 0.1) is 13.8 Å². The minimum absolute atomic E-state index is 0.0916. The second kappa shape index (κ2) is 4.51. The largest absolute Gasteiger partial charge is 0.306 e. The standard InChI is InChI=1S/C14H13N3OS/c1-8-7-15-17-13(8)16-14(18)12-9(2)10-5-3-4-6-11(10)19-12/h3-7H,1-2H3,(H2,15,16,17,18). The Labute approximate surface area is 114 Å². The Kier molecular flexibility index (Phi) is 2.83. The van der Waals surface area contributed by atoms with E-state index in [0.717, 1.165) is 26.1 Å². The first kappa shape index (κ1) is 11.9. The van der Waals surface area contributed by atoms with Gasteiger partial charge >= 0.3 is 0 Å². The Balaban J connectivity index is 1.98. The highest BCUT2D eigenvalue weighted by Gasteiger charge is 2.16. The van der Waals surface area contributed by atoms with Gasteiger partial charge in [-0.15, -0.1) is 11.3 Å². The Bertz CT molecular complexity index is 757. The molecule has 1 amide bonds. The molecule has 0 aliphatic heterocycles. The zero-order valence-corrected chi connectivity index (χ0v) is 11.5. The van der Waals surface area contributed by atoms with Crippen molar-refractivity contribution in [2.75, 3.05) is 5.32 Å². The van der Waals surface area contributed by atoms with E-state index in [1.54, 1.807) is 6.20 Å². The quantitative estimate of drug-likeness (QED) is 0.749. The fourth-order valence-electron chi connectivity index (χ4n) is 2.03. The number of thiophene rings is 1. The molecule has 0 saturated carbocycles. The van der Waals surface area contributed by atoms with Gasteiger partial charge in [-0.25, -0.2) is 0 Å². The van der Waals surface area contributed by atoms with Crippen LogP contribution in [0.15, 0.2) is 30.5 Å². The summed E-state index contributed by atoms with van der Waals surface area (Å²) in [5.74, 6) is 0.563. The van der Waals surface area contributed by atoms with Crippen molar-refractivity contribution in [2.24, 2.45) is 0 Å². The Hall–Kier alpha value is -2.14. The molecule has 2 heterocycles. The molecule has 0 saturated heterocycles. The number of anilines is 1. The van der Waals surface area contributed by atoms with Crippen molar-refractivity contribution >= 4 is 33.1 Å². The van der Waals surface area contributed by atoms with E-state index < -0.39 is 0 Å². The zero-order chi connectivity index (χ0) is 13.4. The summed E-state index contributed by atoms with van der Waals surface area (Å²) in [6, 6.07) is 8.05. The number of rotatable bonds is 2. The van der Waals surface area contributed by atoms with E-state index >= 15 is 0 Å². The fourth-order valence-corrected chi connectivity index (χ4v) is 3.14. The highest BCUT2D eigenvalue weighted by Crippen LogP contribution is 2.31. The molecule has 0 atom stereocenters. The van der Waals surface area contributed by atoms with Crippen LogP contribution in [0.1, 0.15) is 20.8 Å². The van der Waals surface area contributed by atoms with Gasteiger partial charge in [-0.3, -0.25) is 9.89 Å². The molecule has 2 aromatic heterocycles. The van der Waals surface area contributed by atoms with Gasteiger partial charge in [0.2, 0.25) is 0 Å². The van der Waals surface area contributed by atoms with Crippen molar-refractivity contribution in [3.8, 4) is 0 Å². The van der Waals surface area contributed by atoms with Crippen LogP contribution in [0.5, 0.6) is 0 Å². The summed E-state index contributed by atoms with van der Waals surface area (Å²) >= 11 is 1.51. The average molecular weight is 271 g/mol. The molecule has 3 rings (SSSR count). The van der Waals surface area contributed by atoms with E-state index in [0.29, 0.717) is 5.82 Å². The third kappa shape index (κ3) is 2.02. The Morgan fingerprint density at radius 2 is 2.11 bits per heavy atom. The van der Waals surface area contributed by atoms with E-state index in [1.165, 1.54) is 11.3 Å². The van der Waals surface area contributed by atoms with Gasteiger partial charge < -0.3 is 5.32 Å². The van der Waals surface area contributed by atoms with E-state index in [-0.39, 0.29) is 5.91 Å². The number of amides is 1. The normalized spacial score (nSPS) is 10.8. The van der Waals surface area contributed by atoms with Crippen LogP contribution < -0.4 is 5.32 Å². The maximum absolute atomic E-state index is 12.3. The van der Waals surface area contributed by atoms with E-state index in [2.05, 4.69) is 15.5 Å². The summed E-state index contributed by atoms with van der Waals surface area (Å²) in [6.07, 6.45) is 1.69. The first-order valence-corrected chi connectivity index (χ1v) is 6.78. The van der Waals surface area contributed by atoms with Gasteiger partial charge in [-0.05, 0) is 30.9 Å². The molecule has 4 nitrogen and oxygen atoms in total. The van der Waals surface area contributed by atoms with Crippen molar-refractivity contribution in [1.29, 1.82) is 0 Å². The lowest BCUT2D eigenvalue weighted by molar-refractivity contribution is 0.102. The van der Waals surface area contributed by atoms with Crippen LogP contribution in [0.4, 0.5) is 5.82 Å². The van der Waals surface area contributed by atoms with E-state index in [4.69, 9.17) is 0 Å². The van der Waals surface area contributed by atoms with Gasteiger partial charge in [0.05, 0.1) is 11.1 Å². The number of aromatic amines is 1. The molecule has 3 aromatic rings. The number of nitrogens with one attached hydrogen (secondary N) is 2. The van der Waals surface area contributed by atoms with E-state index in [9.17, 15) is 4.79 Å². The molecule has 0 aliphatic rings. The summed E-state index contributed by atoms with van der Waals surface area (Å²) in [5, 5.41) is 10.7. The fraction of sp³-hybridized carbons (Fsp3) is 0.143. The summed E-state index contributed by atoms with van der Waals surface area (Å²) in [7, 11) is 0. The van der Waals surface area contributed by atoms with Crippen LogP contribution in [0.25, 0.3) is 10.1 Å². The number of benzene rings is 1. The summed E-state index contributed by atoms with van der Waals surface area (Å²) < 4.78 is 1.13. The van der Waals surface area contributed by atoms with Gasteiger partial charge in [0.1, 0.15) is 5.82 Å². The maximum atomic E-state index is 12.3. The lowest BCUT2D eigenvalue weighted by Crippen LogP contribution is -2.12. The number of hydrogen-bond acceptors (Lipinski definition) is 3. The second-order valence-corrected chi connectivity index (χ2v) is 5.49. The molecule has 0 spiro atoms. The molecule has 2 N–H and O–H groups in total. The number of hydrogen-bond donors (Lipinski definition) is 2. The first-order chi connectivity index (χ1) is 9.16. The highest BCUT2D eigenvalue weighted by molar-refractivity contribution is 7.21. The molecule has 0 aliphatic carbocycles. The smallest absolute Gasteiger partial charge is 0.267 e. The number of carbonyl (C=O) groups is 1. The van der Waals surface area contributed by atoms with Gasteiger partial charge in [0.15, 0.2) is 0 Å². The molecular weight excluding hydrogens is 258 g/mol. The zero-order valence-electron chi connectivity index (χ0n) is 10.7. The first-order valence-electron chi connectivity index (χ1n) is 5.96. The molecule has 96 valence electrons. The number of H-pyrrole nitrogens is 1. The highest BCUT2D eigenvalue weighted by atomic mass is 32.1. The van der Waals surface area contributed by atoms with Gasteiger partial charge in [-0.2, -0.15) is 5.10 Å². The molecular formula is C14H13N3OS. The summed E-state index contributed by atoms with van der Waals surface area (Å²) in [6.45, 7) is 3.88. The minimum Gasteiger partial charge on any atom is -0.306 e. The van der Waals surface area contributed by atoms with Crippen LogP contribution in [0.2, 0.25) is 0 Å². The van der Waals surface area contributed by atoms with Crippen LogP contribution in [-0.4, -0.2) is 16.1 Å². The van der Waals surface area contributed by atoms with Crippen LogP contribution >= 0.6 is 11.3 Å². The number of fused-ring (bicyclic) bond motifs is 1. The molecule has 0 bridgehead atoms. The van der Waals surface area contributed by atoms with Crippen LogP contribution in [0.3, 0.4) is 0 Å². The van der Waals surface area contributed by atoms with Crippen molar-refractivity contribution in [3.63, 3.8) is 0 Å². The lowest BCUT2D eigenvalue weighted by Gasteiger charge is -2.02. The van der Waals surface area contributed by atoms with Crippen LogP contribution in [-0.2, 0) is 0 Å². The number of aromatic nitrogens is 2. The second-order valence-electron chi connectivity index (χ2n) is 4.43. The van der Waals surface area contributed by atoms with E-state index in [1.807, 2.05) is 38.1 Å². The van der Waals surface area contributed by atoms with Crippen molar-refractivity contribution in [1.82, 2.24) is 10.2 Å². The number of carbonyl (C=O) groups excluding carboxylic acids is 1. The molecule has 5 heteroatoms. The molecule has 1 aromatic carbocycles. The minimum atomic E-state index is -0.0916. The van der Waals surface area contributed by atoms with Crippen molar-refractivity contribution in [3.05, 3.63) is 46.5 Å². The van der Waals surface area contributed by atoms with Gasteiger partial charge in [0, 0.05) is 10.3 Å². The topological polar surface area (TPSA) is 57.8 Å². The summed E-state index contributed by atoms with van der Waals surface area (Å²) in [4.78, 5) is 13.1. The maximum Gasteiger partial charge on any atom is 0.267 e. The molecule has 0 radical (unpaired) electrons. The van der Waals surface area contributed by atoms with Crippen molar-refractivity contribution in [2.45, 2.75) is 13.8 Å². The third-order valence-corrected chi connectivity index (χ3v) is 4.39. The monoisotopic (exact) mass is 271 g/mol. The lowest BCUT2D eigenvalue weighted by atomic mass is 10.1. The SMILES string of the molecule is Cc1cn[nH]c1NC(=O)c1sc2ccccc2c1C. The van der Waals surface area contributed by atoms with Gasteiger partial charge in [-0.1, -0.05) is 18.2 Å². The predicted octanol–water partition coefficient (Wildman–Crippen LogP) is 3.49. The molecule has 0 fully saturated rings. The Morgan fingerprint density at radius 3 is 2.79 bits per heavy atom. The third-order valence-electron chi connectivity index (χ3n) is 3.12. The average Bonchev–Trinajstić information content (AvgIpc) is 2.95. The van der Waals surface area contributed by atoms with Gasteiger partial charge in [0.25, 0.3) is 5.91 Å². The number of nitrogens with zero attached hydrogens (tertiary/aromatic N) is 1. The molecule has 19 heavy (non-hydrogen) atoms. The Morgan fingerprint density at radius 1 is 1.32 bits per heavy atom.